The van der Waals surface area contributed by atoms with Crippen LogP contribution in [0.1, 0.15) is 37.6 Å². The molecule has 0 aliphatic heterocycles. The van der Waals surface area contributed by atoms with Crippen molar-refractivity contribution in [2.24, 2.45) is 0 Å². The zero-order valence-corrected chi connectivity index (χ0v) is 15.7. The normalized spacial score (nSPS) is 12.5. The third kappa shape index (κ3) is 6.46. The van der Waals surface area contributed by atoms with Crippen molar-refractivity contribution in [3.8, 4) is 0 Å². The summed E-state index contributed by atoms with van der Waals surface area (Å²) in [4.78, 5) is 15.8. The van der Waals surface area contributed by atoms with Crippen LogP contribution in [0, 0.1) is 0 Å². The summed E-state index contributed by atoms with van der Waals surface area (Å²) in [6.45, 7) is 8.26. The Morgan fingerprint density at radius 1 is 1.12 bits per heavy atom. The molecule has 24 heavy (non-hydrogen) atoms. The summed E-state index contributed by atoms with van der Waals surface area (Å²) >= 11 is 1.71. The van der Waals surface area contributed by atoms with Gasteiger partial charge in [-0.15, -0.1) is 11.3 Å². The van der Waals surface area contributed by atoms with Gasteiger partial charge in [0, 0.05) is 36.5 Å². The maximum Gasteiger partial charge on any atom is 0.220 e. The van der Waals surface area contributed by atoms with Gasteiger partial charge in [-0.2, -0.15) is 0 Å². The Hall–Kier alpha value is -1.65. The monoisotopic (exact) mass is 344 g/mol. The molecule has 0 radical (unpaired) electrons. The molecule has 2 aromatic rings. The highest BCUT2D eigenvalue weighted by Crippen LogP contribution is 2.11. The molecule has 4 heteroatoms. The van der Waals surface area contributed by atoms with E-state index in [1.54, 1.807) is 11.3 Å². The number of carbonyl (C=O) groups excluding carboxylic acids is 1. The van der Waals surface area contributed by atoms with Crippen LogP contribution in [0.15, 0.2) is 47.8 Å². The van der Waals surface area contributed by atoms with E-state index < -0.39 is 0 Å². The van der Waals surface area contributed by atoms with Crippen LogP contribution >= 0.6 is 11.3 Å². The second kappa shape index (κ2) is 9.60. The van der Waals surface area contributed by atoms with E-state index in [1.807, 2.05) is 12.1 Å². The topological polar surface area (TPSA) is 32.3 Å². The average Bonchev–Trinajstić information content (AvgIpc) is 3.06. The van der Waals surface area contributed by atoms with Crippen LogP contribution in [0.25, 0.3) is 0 Å². The van der Waals surface area contributed by atoms with Crippen LogP contribution in [0.4, 0.5) is 0 Å². The summed E-state index contributed by atoms with van der Waals surface area (Å²) in [5.41, 5.74) is 1.31. The molecule has 1 amide bonds. The molecule has 0 fully saturated rings. The highest BCUT2D eigenvalue weighted by Gasteiger charge is 2.15. The van der Waals surface area contributed by atoms with Crippen LogP contribution in [-0.2, 0) is 17.8 Å². The molecule has 0 spiro atoms. The minimum atomic E-state index is 0.138. The number of thiophene rings is 1. The second-order valence-electron chi connectivity index (χ2n) is 6.56. The van der Waals surface area contributed by atoms with Crippen LogP contribution in [0.3, 0.4) is 0 Å². The van der Waals surface area contributed by atoms with Crippen LogP contribution in [0.2, 0.25) is 0 Å². The number of benzene rings is 1. The number of carbonyl (C=O) groups is 1. The van der Waals surface area contributed by atoms with Gasteiger partial charge in [0.1, 0.15) is 0 Å². The van der Waals surface area contributed by atoms with Gasteiger partial charge in [0.05, 0.1) is 0 Å². The molecule has 0 saturated heterocycles. The lowest BCUT2D eigenvalue weighted by Gasteiger charge is -2.29. The molecule has 2 rings (SSSR count). The molecule has 1 atom stereocenters. The Balaban J connectivity index is 1.79. The van der Waals surface area contributed by atoms with Crippen molar-refractivity contribution in [3.63, 3.8) is 0 Å². The predicted molar refractivity (Wildman–Crippen MR) is 102 cm³/mol. The summed E-state index contributed by atoms with van der Waals surface area (Å²) in [5, 5.41) is 5.19. The van der Waals surface area contributed by atoms with Crippen LogP contribution in [0.5, 0.6) is 0 Å². The fourth-order valence-electron chi connectivity index (χ4n) is 2.71. The van der Waals surface area contributed by atoms with Crippen molar-refractivity contribution in [1.29, 1.82) is 0 Å². The quantitative estimate of drug-likeness (QED) is 0.743. The summed E-state index contributed by atoms with van der Waals surface area (Å²) in [6, 6.07) is 15.2. The van der Waals surface area contributed by atoms with Gasteiger partial charge >= 0.3 is 0 Å². The van der Waals surface area contributed by atoms with Gasteiger partial charge in [0.2, 0.25) is 5.91 Å². The first-order valence-corrected chi connectivity index (χ1v) is 9.52. The van der Waals surface area contributed by atoms with Crippen molar-refractivity contribution in [2.75, 3.05) is 6.54 Å². The summed E-state index contributed by atoms with van der Waals surface area (Å²) in [5.74, 6) is 0.138. The predicted octanol–water partition coefficient (Wildman–Crippen LogP) is 4.10. The molecule has 1 unspecified atom stereocenters. The van der Waals surface area contributed by atoms with Crippen LogP contribution < -0.4 is 5.32 Å². The summed E-state index contributed by atoms with van der Waals surface area (Å²) in [7, 11) is 0. The van der Waals surface area contributed by atoms with Gasteiger partial charge in [-0.05, 0) is 44.2 Å². The van der Waals surface area contributed by atoms with Crippen molar-refractivity contribution in [1.82, 2.24) is 10.2 Å². The lowest BCUT2D eigenvalue weighted by Crippen LogP contribution is -2.44. The minimum absolute atomic E-state index is 0.138. The smallest absolute Gasteiger partial charge is 0.220 e. The number of hydrogen-bond donors (Lipinski definition) is 1. The first kappa shape index (κ1) is 18.7. The molecule has 3 nitrogen and oxygen atoms in total. The van der Waals surface area contributed by atoms with E-state index in [-0.39, 0.29) is 11.9 Å². The lowest BCUT2D eigenvalue weighted by molar-refractivity contribution is -0.121. The number of rotatable bonds is 9. The maximum absolute atomic E-state index is 12.1. The van der Waals surface area contributed by atoms with Crippen molar-refractivity contribution in [2.45, 2.75) is 52.2 Å². The second-order valence-corrected chi connectivity index (χ2v) is 7.59. The van der Waals surface area contributed by atoms with Crippen molar-refractivity contribution < 1.29 is 4.79 Å². The Morgan fingerprint density at radius 2 is 1.88 bits per heavy atom. The maximum atomic E-state index is 12.1. The van der Waals surface area contributed by atoms with Gasteiger partial charge in [-0.1, -0.05) is 36.4 Å². The Morgan fingerprint density at radius 3 is 2.50 bits per heavy atom. The van der Waals surface area contributed by atoms with E-state index in [0.29, 0.717) is 12.5 Å². The highest BCUT2D eigenvalue weighted by molar-refractivity contribution is 7.09. The molecule has 1 N–H and O–H groups in total. The number of aryl methyl sites for hydroxylation is 1. The Labute approximate surface area is 149 Å². The van der Waals surface area contributed by atoms with Gasteiger partial charge < -0.3 is 5.32 Å². The summed E-state index contributed by atoms with van der Waals surface area (Å²) in [6.07, 6.45) is 1.39. The number of amides is 1. The van der Waals surface area contributed by atoms with Crippen LogP contribution in [-0.4, -0.2) is 29.4 Å². The molecule has 1 aromatic heterocycles. The zero-order valence-electron chi connectivity index (χ0n) is 14.9. The minimum Gasteiger partial charge on any atom is -0.352 e. The lowest BCUT2D eigenvalue weighted by atomic mass is 10.1. The Kier molecular flexibility index (Phi) is 7.47. The van der Waals surface area contributed by atoms with Crippen molar-refractivity contribution in [3.05, 3.63) is 58.3 Å². The van der Waals surface area contributed by atoms with E-state index >= 15 is 0 Å². The van der Waals surface area contributed by atoms with Crippen molar-refractivity contribution >= 4 is 17.2 Å². The first-order chi connectivity index (χ1) is 11.5. The third-order valence-electron chi connectivity index (χ3n) is 4.05. The largest absolute Gasteiger partial charge is 0.352 e. The van der Waals surface area contributed by atoms with Gasteiger partial charge in [-0.25, -0.2) is 0 Å². The van der Waals surface area contributed by atoms with E-state index in [1.165, 1.54) is 10.4 Å². The molecule has 0 saturated carbocycles. The zero-order chi connectivity index (χ0) is 17.4. The molecule has 1 heterocycles. The fourth-order valence-corrected chi connectivity index (χ4v) is 3.42. The van der Waals surface area contributed by atoms with Gasteiger partial charge in [-0.3, -0.25) is 9.69 Å². The molecular weight excluding hydrogens is 316 g/mol. The van der Waals surface area contributed by atoms with E-state index in [4.69, 9.17) is 0 Å². The van der Waals surface area contributed by atoms with Gasteiger partial charge in [0.25, 0.3) is 0 Å². The molecule has 0 aliphatic rings. The van der Waals surface area contributed by atoms with E-state index in [0.717, 1.165) is 19.5 Å². The number of nitrogens with one attached hydrogen (secondary N) is 1. The van der Waals surface area contributed by atoms with E-state index in [2.05, 4.69) is 66.7 Å². The Bertz CT molecular complexity index is 595. The average molecular weight is 345 g/mol. The molecule has 130 valence electrons. The SMILES string of the molecule is CC(CN(Cc1ccccc1)C(C)C)NC(=O)CCc1cccs1. The van der Waals surface area contributed by atoms with Gasteiger partial charge in [0.15, 0.2) is 0 Å². The molecule has 0 aliphatic carbocycles. The van der Waals surface area contributed by atoms with E-state index in [9.17, 15) is 4.79 Å². The number of hydrogen-bond acceptors (Lipinski definition) is 3. The first-order valence-electron chi connectivity index (χ1n) is 8.64. The highest BCUT2D eigenvalue weighted by atomic mass is 32.1. The third-order valence-corrected chi connectivity index (χ3v) is 4.99. The molecule has 1 aromatic carbocycles. The molecular formula is C20H28N2OS. The molecule has 0 bridgehead atoms. The standard InChI is InChI=1S/C20H28N2OS/c1-16(2)22(15-18-8-5-4-6-9-18)14-17(3)21-20(23)12-11-19-10-7-13-24-19/h4-10,13,16-17H,11-12,14-15H2,1-3H3,(H,21,23). The fraction of sp³-hybridized carbons (Fsp3) is 0.450. The summed E-state index contributed by atoms with van der Waals surface area (Å²) < 4.78 is 0. The number of nitrogens with zero attached hydrogens (tertiary/aromatic N) is 1.